The van der Waals surface area contributed by atoms with Crippen LogP contribution in [-0.4, -0.2) is 26.8 Å². The topological polar surface area (TPSA) is 21.3 Å². The molecule has 0 aromatic heterocycles. The molecule has 0 radical (unpaired) electrons. The molecule has 2 nitrogen and oxygen atoms in total. The molecule has 0 spiro atoms. The molecule has 0 aliphatic carbocycles. The van der Waals surface area contributed by atoms with E-state index in [0.29, 0.717) is 17.8 Å². The van der Waals surface area contributed by atoms with Gasteiger partial charge < -0.3 is 10.1 Å². The van der Waals surface area contributed by atoms with Crippen LogP contribution >= 0.6 is 15.9 Å². The molecule has 0 amide bonds. The van der Waals surface area contributed by atoms with Crippen molar-refractivity contribution < 1.29 is 4.74 Å². The van der Waals surface area contributed by atoms with Crippen LogP contribution in [0.15, 0.2) is 28.7 Å². The first-order valence-electron chi connectivity index (χ1n) is 6.99. The molecule has 2 atom stereocenters. The maximum absolute atomic E-state index is 5.32. The van der Waals surface area contributed by atoms with Crippen molar-refractivity contribution in [3.05, 3.63) is 34.3 Å². The molecule has 0 aliphatic rings. The van der Waals surface area contributed by atoms with E-state index in [2.05, 4.69) is 66.3 Å². The summed E-state index contributed by atoms with van der Waals surface area (Å²) in [5.41, 5.74) is 1.37. The van der Waals surface area contributed by atoms with Crippen molar-refractivity contribution in [2.75, 3.05) is 26.8 Å². The molecule has 0 aliphatic heterocycles. The van der Waals surface area contributed by atoms with Crippen molar-refractivity contribution in [3.8, 4) is 0 Å². The maximum atomic E-state index is 5.32. The molecule has 2 unspecified atom stereocenters. The van der Waals surface area contributed by atoms with E-state index in [1.165, 1.54) is 5.56 Å². The minimum atomic E-state index is 0.483. The fourth-order valence-electron chi connectivity index (χ4n) is 2.29. The molecular formula is C16H26BrNO. The van der Waals surface area contributed by atoms with E-state index < -0.39 is 0 Å². The van der Waals surface area contributed by atoms with Gasteiger partial charge in [-0.25, -0.2) is 0 Å². The van der Waals surface area contributed by atoms with Crippen LogP contribution in [0.1, 0.15) is 32.3 Å². The largest absolute Gasteiger partial charge is 0.384 e. The van der Waals surface area contributed by atoms with Gasteiger partial charge in [0.05, 0.1) is 0 Å². The van der Waals surface area contributed by atoms with Crippen molar-refractivity contribution in [1.82, 2.24) is 5.32 Å². The standard InChI is InChI=1S/C16H26BrNO/c1-12(2)9-18-10-16(13(3)11-19-4)14-6-5-7-15(17)8-14/h5-8,12-13,16,18H,9-11H2,1-4H3. The predicted octanol–water partition coefficient (Wildman–Crippen LogP) is 4.06. The molecule has 1 N–H and O–H groups in total. The highest BCUT2D eigenvalue weighted by molar-refractivity contribution is 9.10. The van der Waals surface area contributed by atoms with Gasteiger partial charge in [0.15, 0.2) is 0 Å². The van der Waals surface area contributed by atoms with Gasteiger partial charge >= 0.3 is 0 Å². The molecule has 1 aromatic carbocycles. The summed E-state index contributed by atoms with van der Waals surface area (Å²) >= 11 is 3.56. The Hall–Kier alpha value is -0.380. The zero-order chi connectivity index (χ0) is 14.3. The lowest BCUT2D eigenvalue weighted by atomic mass is 9.87. The van der Waals surface area contributed by atoms with E-state index in [1.54, 1.807) is 7.11 Å². The zero-order valence-corrected chi connectivity index (χ0v) is 14.0. The molecule has 1 rings (SSSR count). The van der Waals surface area contributed by atoms with Gasteiger partial charge in [-0.2, -0.15) is 0 Å². The van der Waals surface area contributed by atoms with E-state index in [1.807, 2.05) is 0 Å². The summed E-state index contributed by atoms with van der Waals surface area (Å²) in [6.07, 6.45) is 0. The predicted molar refractivity (Wildman–Crippen MR) is 85.6 cm³/mol. The van der Waals surface area contributed by atoms with Crippen LogP contribution < -0.4 is 5.32 Å². The Balaban J connectivity index is 2.73. The molecule has 0 saturated heterocycles. The minimum Gasteiger partial charge on any atom is -0.384 e. The molecule has 1 aromatic rings. The van der Waals surface area contributed by atoms with Crippen molar-refractivity contribution in [2.24, 2.45) is 11.8 Å². The summed E-state index contributed by atoms with van der Waals surface area (Å²) in [5.74, 6) is 1.66. The fourth-order valence-corrected chi connectivity index (χ4v) is 2.71. The monoisotopic (exact) mass is 327 g/mol. The van der Waals surface area contributed by atoms with Crippen LogP contribution in [0.5, 0.6) is 0 Å². The molecule has 108 valence electrons. The van der Waals surface area contributed by atoms with Gasteiger partial charge in [0, 0.05) is 30.7 Å². The van der Waals surface area contributed by atoms with Gasteiger partial charge in [-0.1, -0.05) is 48.8 Å². The van der Waals surface area contributed by atoms with Gasteiger partial charge in [-0.05, 0) is 36.1 Å². The number of ether oxygens (including phenoxy) is 1. The Morgan fingerprint density at radius 1 is 1.21 bits per heavy atom. The lowest BCUT2D eigenvalue weighted by molar-refractivity contribution is 0.145. The molecule has 0 heterocycles. The van der Waals surface area contributed by atoms with Crippen LogP contribution in [0.2, 0.25) is 0 Å². The SMILES string of the molecule is COCC(C)C(CNCC(C)C)c1cccc(Br)c1. The third-order valence-corrected chi connectivity index (χ3v) is 3.80. The second kappa shape index (κ2) is 8.72. The molecule has 0 saturated carbocycles. The molecule has 0 fully saturated rings. The van der Waals surface area contributed by atoms with E-state index in [4.69, 9.17) is 4.74 Å². The van der Waals surface area contributed by atoms with Crippen LogP contribution in [0.4, 0.5) is 0 Å². The normalized spacial score (nSPS) is 14.6. The fraction of sp³-hybridized carbons (Fsp3) is 0.625. The summed E-state index contributed by atoms with van der Waals surface area (Å²) < 4.78 is 6.47. The highest BCUT2D eigenvalue weighted by Gasteiger charge is 2.19. The maximum Gasteiger partial charge on any atom is 0.0494 e. The number of hydrogen-bond donors (Lipinski definition) is 1. The number of methoxy groups -OCH3 is 1. The Morgan fingerprint density at radius 3 is 2.53 bits per heavy atom. The molecule has 19 heavy (non-hydrogen) atoms. The number of benzene rings is 1. The van der Waals surface area contributed by atoms with Crippen LogP contribution in [0.3, 0.4) is 0 Å². The Labute approximate surface area is 126 Å². The second-order valence-electron chi connectivity index (χ2n) is 5.65. The summed E-state index contributed by atoms with van der Waals surface area (Å²) in [7, 11) is 1.77. The third kappa shape index (κ3) is 6.07. The van der Waals surface area contributed by atoms with Crippen LogP contribution in [-0.2, 0) is 4.74 Å². The number of nitrogens with one attached hydrogen (secondary N) is 1. The van der Waals surface area contributed by atoms with Gasteiger partial charge in [0.25, 0.3) is 0 Å². The summed E-state index contributed by atoms with van der Waals surface area (Å²) in [6, 6.07) is 8.60. The lowest BCUT2D eigenvalue weighted by Crippen LogP contribution is -2.30. The molecule has 0 bridgehead atoms. The first-order chi connectivity index (χ1) is 9.04. The van der Waals surface area contributed by atoms with E-state index >= 15 is 0 Å². The van der Waals surface area contributed by atoms with Crippen molar-refractivity contribution >= 4 is 15.9 Å². The first kappa shape index (κ1) is 16.7. The Kier molecular flexibility index (Phi) is 7.66. The number of halogens is 1. The molecule has 3 heteroatoms. The van der Waals surface area contributed by atoms with E-state index in [9.17, 15) is 0 Å². The molecular weight excluding hydrogens is 302 g/mol. The van der Waals surface area contributed by atoms with Crippen molar-refractivity contribution in [1.29, 1.82) is 0 Å². The quantitative estimate of drug-likeness (QED) is 0.777. The summed E-state index contributed by atoms with van der Waals surface area (Å²) in [4.78, 5) is 0. The van der Waals surface area contributed by atoms with Gasteiger partial charge in [0.2, 0.25) is 0 Å². The van der Waals surface area contributed by atoms with E-state index in [0.717, 1.165) is 24.2 Å². The van der Waals surface area contributed by atoms with Gasteiger partial charge in [-0.15, -0.1) is 0 Å². The average molecular weight is 328 g/mol. The highest BCUT2D eigenvalue weighted by Crippen LogP contribution is 2.26. The van der Waals surface area contributed by atoms with Crippen molar-refractivity contribution in [2.45, 2.75) is 26.7 Å². The summed E-state index contributed by atoms with van der Waals surface area (Å²) in [5, 5.41) is 3.57. The lowest BCUT2D eigenvalue weighted by Gasteiger charge is -2.25. The first-order valence-corrected chi connectivity index (χ1v) is 7.79. The van der Waals surface area contributed by atoms with E-state index in [-0.39, 0.29) is 0 Å². The van der Waals surface area contributed by atoms with Gasteiger partial charge in [0.1, 0.15) is 0 Å². The highest BCUT2D eigenvalue weighted by atomic mass is 79.9. The Morgan fingerprint density at radius 2 is 1.95 bits per heavy atom. The summed E-state index contributed by atoms with van der Waals surface area (Å²) in [6.45, 7) is 9.58. The Bertz CT molecular complexity index is 368. The smallest absolute Gasteiger partial charge is 0.0494 e. The van der Waals surface area contributed by atoms with Gasteiger partial charge in [-0.3, -0.25) is 0 Å². The van der Waals surface area contributed by atoms with Crippen molar-refractivity contribution in [3.63, 3.8) is 0 Å². The van der Waals surface area contributed by atoms with Crippen LogP contribution in [0.25, 0.3) is 0 Å². The zero-order valence-electron chi connectivity index (χ0n) is 12.4. The number of hydrogen-bond acceptors (Lipinski definition) is 2. The number of rotatable bonds is 8. The minimum absolute atomic E-state index is 0.483. The second-order valence-corrected chi connectivity index (χ2v) is 6.56. The van der Waals surface area contributed by atoms with Crippen LogP contribution in [0, 0.1) is 11.8 Å². The third-order valence-electron chi connectivity index (χ3n) is 3.31. The average Bonchev–Trinajstić information content (AvgIpc) is 2.34.